The van der Waals surface area contributed by atoms with Gasteiger partial charge in [0.05, 0.1) is 0 Å². The summed E-state index contributed by atoms with van der Waals surface area (Å²) in [5, 5.41) is 0. The maximum absolute atomic E-state index is 13.1. The SMILES string of the molecule is F/C=C(\F)c1ccc(-c2ccc(C(F)CF)cc2)cc1. The van der Waals surface area contributed by atoms with E-state index in [1.54, 1.807) is 24.3 Å². The molecule has 0 radical (unpaired) electrons. The highest BCUT2D eigenvalue weighted by molar-refractivity contribution is 5.67. The van der Waals surface area contributed by atoms with Crippen LogP contribution in [0.3, 0.4) is 0 Å². The molecule has 2 aromatic rings. The molecule has 0 bridgehead atoms. The summed E-state index contributed by atoms with van der Waals surface area (Å²) in [6.45, 7) is -1.05. The van der Waals surface area contributed by atoms with Gasteiger partial charge in [-0.05, 0) is 16.7 Å². The highest BCUT2D eigenvalue weighted by Gasteiger charge is 2.09. The van der Waals surface area contributed by atoms with Crippen molar-refractivity contribution in [3.8, 4) is 11.1 Å². The average Bonchev–Trinajstić information content (AvgIpc) is 2.53. The van der Waals surface area contributed by atoms with Gasteiger partial charge in [-0.1, -0.05) is 48.5 Å². The summed E-state index contributed by atoms with van der Waals surface area (Å²) in [5.41, 5.74) is 1.99. The first-order valence-corrected chi connectivity index (χ1v) is 6.02. The minimum absolute atomic E-state index is 0.0951. The third-order valence-corrected chi connectivity index (χ3v) is 3.00. The molecule has 0 aliphatic heterocycles. The number of hydrogen-bond donors (Lipinski definition) is 0. The van der Waals surface area contributed by atoms with Crippen molar-refractivity contribution in [2.75, 3.05) is 6.67 Å². The summed E-state index contributed by atoms with van der Waals surface area (Å²) in [7, 11) is 0. The van der Waals surface area contributed by atoms with E-state index in [1.807, 2.05) is 0 Å². The molecule has 20 heavy (non-hydrogen) atoms. The Morgan fingerprint density at radius 1 is 0.950 bits per heavy atom. The van der Waals surface area contributed by atoms with Crippen LogP contribution >= 0.6 is 0 Å². The molecule has 0 nitrogen and oxygen atoms in total. The van der Waals surface area contributed by atoms with E-state index in [0.717, 1.165) is 11.1 Å². The van der Waals surface area contributed by atoms with Gasteiger partial charge in [0.2, 0.25) is 0 Å². The molecule has 0 saturated heterocycles. The largest absolute Gasteiger partial charge is 0.248 e. The first kappa shape index (κ1) is 14.3. The van der Waals surface area contributed by atoms with Crippen molar-refractivity contribution >= 4 is 5.83 Å². The van der Waals surface area contributed by atoms with Crippen LogP contribution in [0, 0.1) is 0 Å². The molecule has 2 rings (SSSR count). The van der Waals surface area contributed by atoms with Crippen LogP contribution in [0.4, 0.5) is 17.6 Å². The van der Waals surface area contributed by atoms with Crippen molar-refractivity contribution in [3.63, 3.8) is 0 Å². The topological polar surface area (TPSA) is 0 Å². The molecule has 1 atom stereocenters. The summed E-state index contributed by atoms with van der Waals surface area (Å²) in [6.07, 6.45) is -1.71. The number of alkyl halides is 2. The monoisotopic (exact) mass is 280 g/mol. The van der Waals surface area contributed by atoms with Gasteiger partial charge in [-0.15, -0.1) is 0 Å². The van der Waals surface area contributed by atoms with Crippen LogP contribution in [0.25, 0.3) is 17.0 Å². The molecule has 104 valence electrons. The van der Waals surface area contributed by atoms with Crippen LogP contribution in [-0.2, 0) is 0 Å². The van der Waals surface area contributed by atoms with E-state index in [2.05, 4.69) is 0 Å². The van der Waals surface area contributed by atoms with Crippen molar-refractivity contribution in [1.82, 2.24) is 0 Å². The molecule has 4 heteroatoms. The van der Waals surface area contributed by atoms with Gasteiger partial charge >= 0.3 is 0 Å². The van der Waals surface area contributed by atoms with Crippen LogP contribution < -0.4 is 0 Å². The number of rotatable bonds is 4. The highest BCUT2D eigenvalue weighted by Crippen LogP contribution is 2.25. The van der Waals surface area contributed by atoms with Gasteiger partial charge in [-0.3, -0.25) is 0 Å². The predicted octanol–water partition coefficient (Wildman–Crippen LogP) is 5.57. The molecule has 2 aromatic carbocycles. The predicted molar refractivity (Wildman–Crippen MR) is 71.9 cm³/mol. The molecule has 0 amide bonds. The Bertz CT molecular complexity index is 585. The lowest BCUT2D eigenvalue weighted by molar-refractivity contribution is 0.266. The molecule has 0 N–H and O–H groups in total. The summed E-state index contributed by atoms with van der Waals surface area (Å²) < 4.78 is 50.4. The Kier molecular flexibility index (Phi) is 4.56. The highest BCUT2D eigenvalue weighted by atomic mass is 19.2. The molecule has 0 aromatic heterocycles. The fraction of sp³-hybridized carbons (Fsp3) is 0.125. The smallest absolute Gasteiger partial charge is 0.158 e. The standard InChI is InChI=1S/C16H12F4/c17-9-15(19)13-5-1-11(2-6-13)12-3-7-14(8-4-12)16(20)10-18/h1-9,16H,10H2/b15-9-. The minimum Gasteiger partial charge on any atom is -0.248 e. The van der Waals surface area contributed by atoms with Gasteiger partial charge < -0.3 is 0 Å². The Labute approximate surface area is 114 Å². The Morgan fingerprint density at radius 2 is 1.45 bits per heavy atom. The van der Waals surface area contributed by atoms with E-state index in [9.17, 15) is 17.6 Å². The van der Waals surface area contributed by atoms with Gasteiger partial charge in [0, 0.05) is 5.56 Å². The average molecular weight is 280 g/mol. The van der Waals surface area contributed by atoms with Crippen molar-refractivity contribution in [2.45, 2.75) is 6.17 Å². The fourth-order valence-corrected chi connectivity index (χ4v) is 1.86. The molecular weight excluding hydrogens is 268 g/mol. The van der Waals surface area contributed by atoms with E-state index in [4.69, 9.17) is 0 Å². The lowest BCUT2D eigenvalue weighted by atomic mass is 10.0. The molecule has 0 saturated carbocycles. The summed E-state index contributed by atoms with van der Waals surface area (Å²) in [4.78, 5) is 0. The van der Waals surface area contributed by atoms with Gasteiger partial charge in [0.15, 0.2) is 12.0 Å². The lowest BCUT2D eigenvalue weighted by Gasteiger charge is -2.07. The zero-order chi connectivity index (χ0) is 14.5. The number of hydrogen-bond acceptors (Lipinski definition) is 0. The number of halogens is 4. The third kappa shape index (κ3) is 3.07. The molecule has 0 aliphatic carbocycles. The van der Waals surface area contributed by atoms with Crippen LogP contribution in [0.1, 0.15) is 17.3 Å². The quantitative estimate of drug-likeness (QED) is 0.642. The van der Waals surface area contributed by atoms with E-state index < -0.39 is 18.7 Å². The summed E-state index contributed by atoms with van der Waals surface area (Å²) in [5.74, 6) is -0.935. The number of benzene rings is 2. The third-order valence-electron chi connectivity index (χ3n) is 3.00. The summed E-state index contributed by atoms with van der Waals surface area (Å²) in [6, 6.07) is 12.5. The first-order chi connectivity index (χ1) is 9.65. The van der Waals surface area contributed by atoms with Gasteiger partial charge in [0.25, 0.3) is 0 Å². The molecule has 0 aliphatic rings. The first-order valence-electron chi connectivity index (χ1n) is 6.02. The van der Waals surface area contributed by atoms with Crippen LogP contribution in [0.2, 0.25) is 0 Å². The van der Waals surface area contributed by atoms with E-state index in [-0.39, 0.29) is 17.5 Å². The molecule has 1 unspecified atom stereocenters. The Hall–Kier alpha value is -2.10. The maximum Gasteiger partial charge on any atom is 0.158 e. The van der Waals surface area contributed by atoms with Crippen molar-refractivity contribution in [2.24, 2.45) is 0 Å². The molecule has 0 fully saturated rings. The second kappa shape index (κ2) is 6.37. The second-order valence-corrected chi connectivity index (χ2v) is 4.28. The van der Waals surface area contributed by atoms with Crippen LogP contribution in [0.15, 0.2) is 54.9 Å². The normalized spacial score (nSPS) is 13.3. The summed E-state index contributed by atoms with van der Waals surface area (Å²) >= 11 is 0. The molecular formula is C16H12F4. The van der Waals surface area contributed by atoms with Crippen molar-refractivity contribution in [3.05, 3.63) is 66.0 Å². The minimum atomic E-state index is -1.62. The van der Waals surface area contributed by atoms with E-state index in [0.29, 0.717) is 0 Å². The van der Waals surface area contributed by atoms with Crippen molar-refractivity contribution < 1.29 is 17.6 Å². The zero-order valence-electron chi connectivity index (χ0n) is 10.5. The van der Waals surface area contributed by atoms with Crippen LogP contribution in [0.5, 0.6) is 0 Å². The molecule has 0 heterocycles. The van der Waals surface area contributed by atoms with E-state index in [1.165, 1.54) is 24.3 Å². The molecule has 0 spiro atoms. The van der Waals surface area contributed by atoms with E-state index >= 15 is 0 Å². The Morgan fingerprint density at radius 3 is 1.90 bits per heavy atom. The second-order valence-electron chi connectivity index (χ2n) is 4.28. The van der Waals surface area contributed by atoms with Gasteiger partial charge in [0.1, 0.15) is 13.0 Å². The van der Waals surface area contributed by atoms with Crippen molar-refractivity contribution in [1.29, 1.82) is 0 Å². The maximum atomic E-state index is 13.1. The Balaban J connectivity index is 2.24. The van der Waals surface area contributed by atoms with Gasteiger partial charge in [-0.25, -0.2) is 17.6 Å². The zero-order valence-corrected chi connectivity index (χ0v) is 10.5. The lowest BCUT2D eigenvalue weighted by Crippen LogP contribution is -1.93. The van der Waals surface area contributed by atoms with Crippen LogP contribution in [-0.4, -0.2) is 6.67 Å². The fourth-order valence-electron chi connectivity index (χ4n) is 1.86. The van der Waals surface area contributed by atoms with Gasteiger partial charge in [-0.2, -0.15) is 0 Å².